The van der Waals surface area contributed by atoms with Gasteiger partial charge in [-0.1, -0.05) is 13.8 Å². The molecule has 1 unspecified atom stereocenters. The first-order chi connectivity index (χ1) is 18.9. The summed E-state index contributed by atoms with van der Waals surface area (Å²) >= 11 is 0. The van der Waals surface area contributed by atoms with Gasteiger partial charge < -0.3 is 20.3 Å². The zero-order chi connectivity index (χ0) is 29.2. The third-order valence-corrected chi connectivity index (χ3v) is 8.60. The molecular formula is C27H31FN4O7S. The molecule has 3 heterocycles. The van der Waals surface area contributed by atoms with Crippen LogP contribution in [-0.2, 0) is 19.6 Å². The predicted octanol–water partition coefficient (Wildman–Crippen LogP) is 2.20. The van der Waals surface area contributed by atoms with Gasteiger partial charge >= 0.3 is 15.0 Å². The van der Waals surface area contributed by atoms with Crippen molar-refractivity contribution >= 4 is 38.6 Å². The molecule has 1 saturated heterocycles. The van der Waals surface area contributed by atoms with Crippen LogP contribution in [-0.4, -0.2) is 55.5 Å². The molecule has 40 heavy (non-hydrogen) atoms. The van der Waals surface area contributed by atoms with Crippen molar-refractivity contribution in [3.8, 4) is 0 Å². The Morgan fingerprint density at radius 1 is 1.25 bits per heavy atom. The summed E-state index contributed by atoms with van der Waals surface area (Å²) in [5, 5.41) is 17.3. The fourth-order valence-corrected chi connectivity index (χ4v) is 6.18. The number of hydrogen-bond donors (Lipinski definition) is 2. The second kappa shape index (κ2) is 11.7. The summed E-state index contributed by atoms with van der Waals surface area (Å²) in [5.41, 5.74) is 0.754. The molecular weight excluding hydrogens is 543 g/mol. The number of amides is 2. The zero-order valence-corrected chi connectivity index (χ0v) is 23.2. The Balaban J connectivity index is 1.48. The maximum Gasteiger partial charge on any atom is 0.323 e. The van der Waals surface area contributed by atoms with Crippen molar-refractivity contribution in [1.82, 2.24) is 14.9 Å². The van der Waals surface area contributed by atoms with Gasteiger partial charge in [0.05, 0.1) is 12.6 Å². The number of ketones is 1. The van der Waals surface area contributed by atoms with Gasteiger partial charge in [0.15, 0.2) is 17.7 Å². The van der Waals surface area contributed by atoms with E-state index in [1.807, 2.05) is 13.8 Å². The molecule has 2 N–H and O–H groups in total. The molecule has 3 aromatic rings. The molecule has 2 amide bonds. The Bertz CT molecular complexity index is 1550. The van der Waals surface area contributed by atoms with Crippen LogP contribution >= 0.6 is 0 Å². The predicted molar refractivity (Wildman–Crippen MR) is 142 cm³/mol. The number of sulfonamides is 1. The van der Waals surface area contributed by atoms with Crippen LogP contribution in [0.4, 0.5) is 4.39 Å². The highest BCUT2D eigenvalue weighted by molar-refractivity contribution is 7.89. The van der Waals surface area contributed by atoms with Gasteiger partial charge in [0.1, 0.15) is 17.4 Å². The lowest BCUT2D eigenvalue weighted by Gasteiger charge is -2.23. The number of halogens is 1. The standard InChI is InChI=1S/C27H31FN4O7S/c1-16(2)13-21(30-27(35)25-17(3)19-14-18(28)9-10-23(19)39-25)26(34)29-20-7-6-11-31(15-22(20)33)40(37,38)24-8-4-5-12-32(24)36/h4-5,8-10,12,14,16,20-21H,6-7,11,13,15H2,1-3H3,(H,29,34)(H,30,35)/t20?,21-/m0/s1. The van der Waals surface area contributed by atoms with Gasteiger partial charge in [-0.3, -0.25) is 14.4 Å². The van der Waals surface area contributed by atoms with Crippen molar-refractivity contribution in [2.45, 2.75) is 57.1 Å². The molecule has 0 spiro atoms. The highest BCUT2D eigenvalue weighted by Gasteiger charge is 2.37. The zero-order valence-electron chi connectivity index (χ0n) is 22.3. The molecule has 0 aliphatic carbocycles. The average molecular weight is 575 g/mol. The van der Waals surface area contributed by atoms with E-state index in [9.17, 15) is 32.4 Å². The molecule has 2 aromatic heterocycles. The van der Waals surface area contributed by atoms with Gasteiger partial charge in [0, 0.05) is 29.6 Å². The van der Waals surface area contributed by atoms with Crippen LogP contribution in [0.25, 0.3) is 11.0 Å². The molecule has 11 nitrogen and oxygen atoms in total. The van der Waals surface area contributed by atoms with Crippen molar-refractivity contribution in [2.75, 3.05) is 13.1 Å². The minimum absolute atomic E-state index is 0.00274. The van der Waals surface area contributed by atoms with E-state index in [4.69, 9.17) is 4.42 Å². The lowest BCUT2D eigenvalue weighted by Crippen LogP contribution is -2.53. The fourth-order valence-electron chi connectivity index (χ4n) is 4.71. The monoisotopic (exact) mass is 574 g/mol. The van der Waals surface area contributed by atoms with Crippen LogP contribution in [0, 0.1) is 23.9 Å². The van der Waals surface area contributed by atoms with Crippen LogP contribution in [0.15, 0.2) is 52.0 Å². The normalized spacial score (nSPS) is 17.5. The first-order valence-corrected chi connectivity index (χ1v) is 14.3. The topological polar surface area (TPSA) is 153 Å². The van der Waals surface area contributed by atoms with Crippen LogP contribution in [0.5, 0.6) is 0 Å². The Morgan fingerprint density at radius 2 is 2.00 bits per heavy atom. The molecule has 2 atom stereocenters. The second-order valence-corrected chi connectivity index (χ2v) is 12.1. The molecule has 4 rings (SSSR count). The van der Waals surface area contributed by atoms with Gasteiger partial charge in [0.25, 0.3) is 5.91 Å². The largest absolute Gasteiger partial charge is 0.618 e. The summed E-state index contributed by atoms with van der Waals surface area (Å²) in [6.45, 7) is 4.83. The number of nitrogens with zero attached hydrogens (tertiary/aromatic N) is 2. The third kappa shape index (κ3) is 6.15. The van der Waals surface area contributed by atoms with Crippen molar-refractivity contribution in [3.63, 3.8) is 0 Å². The maximum atomic E-state index is 13.7. The number of hydrogen-bond acceptors (Lipinski definition) is 7. The first kappa shape index (κ1) is 29.2. The van der Waals surface area contributed by atoms with Crippen molar-refractivity contribution in [1.29, 1.82) is 0 Å². The van der Waals surface area contributed by atoms with Crippen LogP contribution < -0.4 is 15.4 Å². The van der Waals surface area contributed by atoms with Crippen LogP contribution in [0.1, 0.15) is 49.2 Å². The number of carbonyl (C=O) groups is 3. The van der Waals surface area contributed by atoms with Gasteiger partial charge in [-0.15, -0.1) is 0 Å². The summed E-state index contributed by atoms with van der Waals surface area (Å²) < 4.78 is 46.5. The number of Topliss-reactive ketones (excluding diaryl/α,β-unsaturated/α-hetero) is 1. The Labute approximate surface area is 231 Å². The van der Waals surface area contributed by atoms with Crippen molar-refractivity contribution < 1.29 is 36.3 Å². The highest BCUT2D eigenvalue weighted by Crippen LogP contribution is 2.26. The van der Waals surface area contributed by atoms with Crippen LogP contribution in [0.3, 0.4) is 0 Å². The fraction of sp³-hybridized carbons (Fsp3) is 0.407. The summed E-state index contributed by atoms with van der Waals surface area (Å²) in [7, 11) is -4.24. The lowest BCUT2D eigenvalue weighted by molar-refractivity contribution is -0.646. The Morgan fingerprint density at radius 3 is 2.70 bits per heavy atom. The number of aryl methyl sites for hydroxylation is 1. The molecule has 0 bridgehead atoms. The average Bonchev–Trinajstić information content (AvgIpc) is 3.09. The van der Waals surface area contributed by atoms with Gasteiger partial charge in [0.2, 0.25) is 5.91 Å². The Hall–Kier alpha value is -3.84. The molecule has 0 radical (unpaired) electrons. The molecule has 1 aliphatic heterocycles. The van der Waals surface area contributed by atoms with Crippen molar-refractivity contribution in [2.24, 2.45) is 5.92 Å². The van der Waals surface area contributed by atoms with E-state index in [2.05, 4.69) is 10.6 Å². The van der Waals surface area contributed by atoms with E-state index >= 15 is 0 Å². The number of carbonyl (C=O) groups excluding carboxylic acids is 3. The number of nitrogens with one attached hydrogen (secondary N) is 2. The minimum Gasteiger partial charge on any atom is -0.618 e. The number of aromatic nitrogens is 1. The van der Waals surface area contributed by atoms with E-state index in [0.717, 1.165) is 16.6 Å². The highest BCUT2D eigenvalue weighted by atomic mass is 32.2. The number of benzene rings is 1. The van der Waals surface area contributed by atoms with E-state index in [0.29, 0.717) is 16.5 Å². The summed E-state index contributed by atoms with van der Waals surface area (Å²) in [6.07, 6.45) is 1.76. The van der Waals surface area contributed by atoms with Gasteiger partial charge in [-0.05, 0) is 56.4 Å². The summed E-state index contributed by atoms with van der Waals surface area (Å²) in [4.78, 5) is 39.4. The van der Waals surface area contributed by atoms with E-state index in [1.54, 1.807) is 6.92 Å². The van der Waals surface area contributed by atoms with Gasteiger partial charge in [-0.2, -0.15) is 9.04 Å². The summed E-state index contributed by atoms with van der Waals surface area (Å²) in [5.74, 6) is -2.32. The van der Waals surface area contributed by atoms with Gasteiger partial charge in [-0.25, -0.2) is 12.8 Å². The molecule has 13 heteroatoms. The molecule has 1 aliphatic rings. The molecule has 0 saturated carbocycles. The SMILES string of the molecule is Cc1c(C(=O)N[C@@H](CC(C)C)C(=O)NC2CCCN(S(=O)(=O)c3cccc[n+]3[O-])CC2=O)oc2ccc(F)cc12. The summed E-state index contributed by atoms with van der Waals surface area (Å²) in [6, 6.07) is 5.88. The second-order valence-electron chi connectivity index (χ2n) is 10.2. The number of rotatable bonds is 8. The van der Waals surface area contributed by atoms with E-state index < -0.39 is 57.1 Å². The lowest BCUT2D eigenvalue weighted by atomic mass is 10.0. The molecule has 214 valence electrons. The molecule has 1 aromatic carbocycles. The maximum absolute atomic E-state index is 13.7. The van der Waals surface area contributed by atoms with E-state index in [-0.39, 0.29) is 42.2 Å². The number of furan rings is 1. The van der Waals surface area contributed by atoms with Crippen molar-refractivity contribution in [3.05, 3.63) is 64.9 Å². The first-order valence-electron chi connectivity index (χ1n) is 12.9. The quantitative estimate of drug-likeness (QED) is 0.309. The van der Waals surface area contributed by atoms with E-state index in [1.165, 1.54) is 30.3 Å². The minimum atomic E-state index is -4.24. The molecule has 1 fully saturated rings. The number of fused-ring (bicyclic) bond motifs is 1. The third-order valence-electron chi connectivity index (χ3n) is 6.76. The Kier molecular flexibility index (Phi) is 8.54. The number of pyridine rings is 1. The smallest absolute Gasteiger partial charge is 0.323 e. The van der Waals surface area contributed by atoms with Crippen LogP contribution in [0.2, 0.25) is 0 Å².